The molecule has 2 rings (SSSR count). The topological polar surface area (TPSA) is 48.7 Å². The highest BCUT2D eigenvalue weighted by Crippen LogP contribution is 2.24. The van der Waals surface area contributed by atoms with Crippen molar-refractivity contribution >= 4 is 28.4 Å². The van der Waals surface area contributed by atoms with E-state index in [1.807, 2.05) is 17.5 Å². The first kappa shape index (κ1) is 13.5. The normalized spacial score (nSPS) is 11.1. The molecule has 0 atom stereocenters. The number of phenols is 1. The van der Waals surface area contributed by atoms with Gasteiger partial charge in [-0.1, -0.05) is 0 Å². The average Bonchev–Trinajstić information content (AvgIpc) is 2.93. The van der Waals surface area contributed by atoms with Gasteiger partial charge in [-0.3, -0.25) is 0 Å². The molecule has 0 radical (unpaired) electrons. The van der Waals surface area contributed by atoms with E-state index in [1.54, 1.807) is 18.5 Å². The third-order valence-corrected chi connectivity index (χ3v) is 3.55. The van der Waals surface area contributed by atoms with Crippen LogP contribution in [0.3, 0.4) is 0 Å². The third-order valence-electron chi connectivity index (χ3n) is 2.87. The molecule has 4 nitrogen and oxygen atoms in total. The smallest absolute Gasteiger partial charge is 0.209 e. The van der Waals surface area contributed by atoms with Gasteiger partial charge in [0.1, 0.15) is 5.75 Å². The Morgan fingerprint density at radius 2 is 2.16 bits per heavy atom. The molecule has 0 unspecified atom stereocenters. The Hall–Kier alpha value is -1.88. The molecule has 0 aliphatic carbocycles. The fourth-order valence-electron chi connectivity index (χ4n) is 1.84. The highest BCUT2D eigenvalue weighted by Gasteiger charge is 2.05. The molecule has 5 heteroatoms. The molecule has 0 fully saturated rings. The number of hydrogen-bond acceptors (Lipinski definition) is 5. The van der Waals surface area contributed by atoms with Crippen LogP contribution >= 0.6 is 11.3 Å². The van der Waals surface area contributed by atoms with Gasteiger partial charge in [0.2, 0.25) is 5.13 Å². The maximum atomic E-state index is 9.86. The van der Waals surface area contributed by atoms with E-state index < -0.39 is 0 Å². The zero-order chi connectivity index (χ0) is 13.7. The van der Waals surface area contributed by atoms with Crippen molar-refractivity contribution in [1.29, 1.82) is 0 Å². The van der Waals surface area contributed by atoms with Gasteiger partial charge in [0, 0.05) is 42.1 Å². The Morgan fingerprint density at radius 3 is 2.79 bits per heavy atom. The van der Waals surface area contributed by atoms with E-state index in [4.69, 9.17) is 0 Å². The van der Waals surface area contributed by atoms with Crippen LogP contribution in [-0.4, -0.2) is 29.4 Å². The molecule has 2 aromatic rings. The lowest BCUT2D eigenvalue weighted by Gasteiger charge is -2.21. The van der Waals surface area contributed by atoms with Gasteiger partial charge in [-0.25, -0.2) is 9.98 Å². The van der Waals surface area contributed by atoms with Crippen LogP contribution in [0.15, 0.2) is 34.8 Å². The zero-order valence-corrected chi connectivity index (χ0v) is 11.9. The minimum absolute atomic E-state index is 0.233. The molecule has 0 aliphatic heterocycles. The summed E-state index contributed by atoms with van der Waals surface area (Å²) in [5, 5.41) is 12.4. The molecule has 1 N–H and O–H groups in total. The zero-order valence-electron chi connectivity index (χ0n) is 11.1. The van der Waals surface area contributed by atoms with E-state index in [0.717, 1.165) is 18.8 Å². The lowest BCUT2D eigenvalue weighted by molar-refractivity contribution is 0.474. The monoisotopic (exact) mass is 275 g/mol. The van der Waals surface area contributed by atoms with Crippen LogP contribution in [0.5, 0.6) is 5.75 Å². The summed E-state index contributed by atoms with van der Waals surface area (Å²) in [5.74, 6) is 0.233. The summed E-state index contributed by atoms with van der Waals surface area (Å²) >= 11 is 1.47. The van der Waals surface area contributed by atoms with Crippen molar-refractivity contribution in [3.05, 3.63) is 35.3 Å². The highest BCUT2D eigenvalue weighted by atomic mass is 32.1. The Kier molecular flexibility index (Phi) is 4.52. The molecule has 0 saturated carbocycles. The van der Waals surface area contributed by atoms with Crippen LogP contribution in [0.25, 0.3) is 0 Å². The SMILES string of the molecule is CCN(CC)c1ccc(O)c(/C=N/c2nccs2)c1. The first-order valence-electron chi connectivity index (χ1n) is 6.26. The standard InChI is InChI=1S/C14H17N3OS/c1-3-17(4-2)12-5-6-13(18)11(9-12)10-16-14-15-7-8-19-14/h5-10,18H,3-4H2,1-2H3/b16-10+. The Labute approximate surface area is 117 Å². The molecule has 0 bridgehead atoms. The van der Waals surface area contributed by atoms with E-state index >= 15 is 0 Å². The van der Waals surface area contributed by atoms with Gasteiger partial charge in [-0.05, 0) is 32.0 Å². The summed E-state index contributed by atoms with van der Waals surface area (Å²) in [6.07, 6.45) is 3.37. The number of benzene rings is 1. The number of phenolic OH excluding ortho intramolecular Hbond substituents is 1. The average molecular weight is 275 g/mol. The van der Waals surface area contributed by atoms with Crippen molar-refractivity contribution in [3.63, 3.8) is 0 Å². The summed E-state index contributed by atoms with van der Waals surface area (Å²) in [5.41, 5.74) is 1.79. The minimum Gasteiger partial charge on any atom is -0.507 e. The minimum atomic E-state index is 0.233. The molecular formula is C14H17N3OS. The number of rotatable bonds is 5. The number of aromatic nitrogens is 1. The largest absolute Gasteiger partial charge is 0.507 e. The van der Waals surface area contributed by atoms with E-state index in [1.165, 1.54) is 11.3 Å². The van der Waals surface area contributed by atoms with Crippen molar-refractivity contribution in [2.75, 3.05) is 18.0 Å². The van der Waals surface area contributed by atoms with Crippen molar-refractivity contribution in [3.8, 4) is 5.75 Å². The third kappa shape index (κ3) is 3.32. The lowest BCUT2D eigenvalue weighted by Crippen LogP contribution is -2.21. The van der Waals surface area contributed by atoms with Crippen molar-refractivity contribution < 1.29 is 5.11 Å². The number of hydrogen-bond donors (Lipinski definition) is 1. The summed E-state index contributed by atoms with van der Waals surface area (Å²) in [6.45, 7) is 6.09. The number of nitrogens with zero attached hydrogens (tertiary/aromatic N) is 3. The van der Waals surface area contributed by atoms with Crippen LogP contribution in [0.1, 0.15) is 19.4 Å². The van der Waals surface area contributed by atoms with Crippen molar-refractivity contribution in [2.45, 2.75) is 13.8 Å². The fraction of sp³-hybridized carbons (Fsp3) is 0.286. The van der Waals surface area contributed by atoms with Crippen LogP contribution in [-0.2, 0) is 0 Å². The highest BCUT2D eigenvalue weighted by molar-refractivity contribution is 7.13. The number of anilines is 1. The van der Waals surface area contributed by atoms with Gasteiger partial charge in [0.05, 0.1) is 0 Å². The van der Waals surface area contributed by atoms with Gasteiger partial charge in [0.25, 0.3) is 0 Å². The number of aromatic hydroxyl groups is 1. The molecule has 0 saturated heterocycles. The maximum Gasteiger partial charge on any atom is 0.209 e. The Balaban J connectivity index is 2.27. The number of aliphatic imine (C=N–C) groups is 1. The van der Waals surface area contributed by atoms with Gasteiger partial charge >= 0.3 is 0 Å². The van der Waals surface area contributed by atoms with Gasteiger partial charge in [-0.2, -0.15) is 0 Å². The van der Waals surface area contributed by atoms with Crippen molar-refractivity contribution in [2.24, 2.45) is 4.99 Å². The molecule has 1 aromatic heterocycles. The van der Waals surface area contributed by atoms with Crippen LogP contribution in [0.4, 0.5) is 10.8 Å². The van der Waals surface area contributed by atoms with Gasteiger partial charge in [0.15, 0.2) is 0 Å². The summed E-state index contributed by atoms with van der Waals surface area (Å²) in [7, 11) is 0. The fourth-order valence-corrected chi connectivity index (χ4v) is 2.31. The predicted octanol–water partition coefficient (Wildman–Crippen LogP) is 3.45. The molecule has 0 aliphatic rings. The molecular weight excluding hydrogens is 258 g/mol. The Bertz CT molecular complexity index is 548. The second-order valence-electron chi connectivity index (χ2n) is 3.99. The van der Waals surface area contributed by atoms with Crippen LogP contribution in [0, 0.1) is 0 Å². The molecule has 100 valence electrons. The van der Waals surface area contributed by atoms with Gasteiger partial charge < -0.3 is 10.0 Å². The van der Waals surface area contributed by atoms with Crippen LogP contribution < -0.4 is 4.90 Å². The summed E-state index contributed by atoms with van der Waals surface area (Å²) in [6, 6.07) is 5.57. The first-order chi connectivity index (χ1) is 9.24. The van der Waals surface area contributed by atoms with E-state index in [0.29, 0.717) is 10.7 Å². The first-order valence-corrected chi connectivity index (χ1v) is 7.14. The number of thiazole rings is 1. The van der Waals surface area contributed by atoms with Crippen LogP contribution in [0.2, 0.25) is 0 Å². The van der Waals surface area contributed by atoms with Crippen molar-refractivity contribution in [1.82, 2.24) is 4.98 Å². The summed E-state index contributed by atoms with van der Waals surface area (Å²) in [4.78, 5) is 10.6. The maximum absolute atomic E-state index is 9.86. The molecule has 19 heavy (non-hydrogen) atoms. The molecule has 0 spiro atoms. The molecule has 1 aromatic carbocycles. The second-order valence-corrected chi connectivity index (χ2v) is 4.86. The lowest BCUT2D eigenvalue weighted by atomic mass is 10.1. The quantitative estimate of drug-likeness (QED) is 0.850. The second kappa shape index (κ2) is 6.33. The van der Waals surface area contributed by atoms with E-state index in [-0.39, 0.29) is 5.75 Å². The Morgan fingerprint density at radius 1 is 1.37 bits per heavy atom. The molecule has 0 amide bonds. The van der Waals surface area contributed by atoms with E-state index in [9.17, 15) is 5.11 Å². The van der Waals surface area contributed by atoms with Gasteiger partial charge in [-0.15, -0.1) is 11.3 Å². The predicted molar refractivity (Wildman–Crippen MR) is 81.0 cm³/mol. The summed E-state index contributed by atoms with van der Waals surface area (Å²) < 4.78 is 0. The van der Waals surface area contributed by atoms with E-state index in [2.05, 4.69) is 28.7 Å². The molecule has 1 heterocycles.